The highest BCUT2D eigenvalue weighted by molar-refractivity contribution is 9.10. The Morgan fingerprint density at radius 3 is 1.55 bits per heavy atom. The third-order valence-electron chi connectivity index (χ3n) is 6.48. The monoisotopic (exact) mass is 694 g/mol. The van der Waals surface area contributed by atoms with Crippen molar-refractivity contribution in [2.75, 3.05) is 0 Å². The fourth-order valence-electron chi connectivity index (χ4n) is 4.69. The van der Waals surface area contributed by atoms with Crippen molar-refractivity contribution >= 4 is 85.9 Å². The van der Waals surface area contributed by atoms with E-state index in [2.05, 4.69) is 31.9 Å². The summed E-state index contributed by atoms with van der Waals surface area (Å²) in [4.78, 5) is 0.295. The summed E-state index contributed by atoms with van der Waals surface area (Å²) in [5, 5.41) is 1.44. The molecule has 6 aromatic rings. The maximum Gasteiger partial charge on any atom is 0.268 e. The van der Waals surface area contributed by atoms with Crippen LogP contribution in [0.15, 0.2) is 128 Å². The molecule has 0 amide bonds. The van der Waals surface area contributed by atoms with Gasteiger partial charge in [0.05, 0.1) is 32.2 Å². The van der Waals surface area contributed by atoms with Crippen molar-refractivity contribution in [3.05, 3.63) is 130 Å². The first-order chi connectivity index (χ1) is 19.2. The minimum absolute atomic E-state index is 0.146. The molecule has 2 heterocycles. The Labute approximate surface area is 248 Å². The maximum absolute atomic E-state index is 13.8. The van der Waals surface area contributed by atoms with Gasteiger partial charge in [0, 0.05) is 19.7 Å². The van der Waals surface area contributed by atoms with Crippen LogP contribution in [0.5, 0.6) is 0 Å². The predicted octanol–water partition coefficient (Wildman–Crippen LogP) is 7.77. The first kappa shape index (κ1) is 26.8. The number of nitrogens with zero attached hydrogens (tertiary/aromatic N) is 2. The standard InChI is InChI=1S/C30H20Br2N2O4S2/c31-23-13-16-29-22(17-23)19-26(33(29)39(35,36)27-7-3-1-4-8-27)15-14-25-18-21-11-12-24(32)20-30(21)34(25)40(37,38)28-9-5-2-6-10-28/h1-20H/b15-14+. The molecule has 0 bridgehead atoms. The minimum Gasteiger partial charge on any atom is -0.234 e. The normalized spacial score (nSPS) is 12.6. The van der Waals surface area contributed by atoms with E-state index in [1.807, 2.05) is 18.2 Å². The van der Waals surface area contributed by atoms with Crippen LogP contribution in [-0.2, 0) is 20.0 Å². The molecule has 40 heavy (non-hydrogen) atoms. The van der Waals surface area contributed by atoms with Gasteiger partial charge in [0.2, 0.25) is 0 Å². The lowest BCUT2D eigenvalue weighted by atomic mass is 10.2. The molecule has 6 rings (SSSR count). The average Bonchev–Trinajstić information content (AvgIpc) is 3.50. The summed E-state index contributed by atoms with van der Waals surface area (Å²) >= 11 is 6.92. The molecule has 6 nitrogen and oxygen atoms in total. The highest BCUT2D eigenvalue weighted by atomic mass is 79.9. The summed E-state index contributed by atoms with van der Waals surface area (Å²) in [5.41, 5.74) is 1.77. The molecule has 0 N–H and O–H groups in total. The van der Waals surface area contributed by atoms with Gasteiger partial charge in [-0.2, -0.15) is 0 Å². The van der Waals surface area contributed by atoms with Gasteiger partial charge in [0.25, 0.3) is 20.0 Å². The molecule has 0 fully saturated rings. The molecular weight excluding hydrogens is 676 g/mol. The average molecular weight is 696 g/mol. The highest BCUT2D eigenvalue weighted by Crippen LogP contribution is 2.32. The van der Waals surface area contributed by atoms with Gasteiger partial charge >= 0.3 is 0 Å². The molecule has 0 unspecified atom stereocenters. The van der Waals surface area contributed by atoms with Crippen LogP contribution >= 0.6 is 31.9 Å². The topological polar surface area (TPSA) is 78.1 Å². The van der Waals surface area contributed by atoms with Crippen molar-refractivity contribution in [2.24, 2.45) is 0 Å². The Bertz CT molecular complexity index is 2150. The first-order valence-corrected chi connectivity index (χ1v) is 16.5. The molecule has 0 saturated carbocycles. The molecule has 200 valence electrons. The largest absolute Gasteiger partial charge is 0.268 e. The molecule has 0 saturated heterocycles. The lowest BCUT2D eigenvalue weighted by molar-refractivity contribution is 0.587. The summed E-state index contributed by atoms with van der Waals surface area (Å²) < 4.78 is 59.5. The molecular formula is C30H20Br2N2O4S2. The SMILES string of the molecule is O=S(=O)(c1ccccc1)n1c(/C=C/c2cc3ccc(Br)cc3n2S(=O)(=O)c2ccccc2)cc2cc(Br)ccc21. The molecule has 0 atom stereocenters. The van der Waals surface area contributed by atoms with Gasteiger partial charge in [-0.15, -0.1) is 0 Å². The Morgan fingerprint density at radius 2 is 0.975 bits per heavy atom. The van der Waals surface area contributed by atoms with Gasteiger partial charge in [0.15, 0.2) is 0 Å². The van der Waals surface area contributed by atoms with Gasteiger partial charge in [0.1, 0.15) is 0 Å². The molecule has 2 aromatic heterocycles. The van der Waals surface area contributed by atoms with Crippen LogP contribution < -0.4 is 0 Å². The van der Waals surface area contributed by atoms with Crippen LogP contribution in [-0.4, -0.2) is 24.8 Å². The van der Waals surface area contributed by atoms with Gasteiger partial charge in [-0.3, -0.25) is 0 Å². The Kier molecular flexibility index (Phi) is 6.82. The smallest absolute Gasteiger partial charge is 0.234 e. The second kappa shape index (κ2) is 10.2. The molecule has 0 aliphatic rings. The Morgan fingerprint density at radius 1 is 0.500 bits per heavy atom. The summed E-state index contributed by atoms with van der Waals surface area (Å²) in [5.74, 6) is 0. The lowest BCUT2D eigenvalue weighted by Gasteiger charge is -2.12. The van der Waals surface area contributed by atoms with Crippen LogP contribution in [0.1, 0.15) is 11.4 Å². The summed E-state index contributed by atoms with van der Waals surface area (Å²) in [6.07, 6.45) is 3.27. The maximum atomic E-state index is 13.8. The van der Waals surface area contributed by atoms with Gasteiger partial charge in [-0.25, -0.2) is 24.8 Å². The van der Waals surface area contributed by atoms with E-state index in [1.54, 1.807) is 103 Å². The fourth-order valence-corrected chi connectivity index (χ4v) is 8.47. The van der Waals surface area contributed by atoms with E-state index in [1.165, 1.54) is 7.94 Å². The van der Waals surface area contributed by atoms with Crippen molar-refractivity contribution in [3.8, 4) is 0 Å². The van der Waals surface area contributed by atoms with Crippen molar-refractivity contribution < 1.29 is 16.8 Å². The zero-order valence-corrected chi connectivity index (χ0v) is 25.5. The van der Waals surface area contributed by atoms with Crippen molar-refractivity contribution in [2.45, 2.75) is 9.79 Å². The number of hydrogen-bond donors (Lipinski definition) is 0. The molecule has 0 aliphatic heterocycles. The number of aromatic nitrogens is 2. The van der Waals surface area contributed by atoms with E-state index in [0.29, 0.717) is 22.4 Å². The Balaban J connectivity index is 1.58. The van der Waals surface area contributed by atoms with E-state index < -0.39 is 20.0 Å². The third-order valence-corrected chi connectivity index (χ3v) is 11.0. The van der Waals surface area contributed by atoms with Crippen LogP contribution in [0.3, 0.4) is 0 Å². The first-order valence-electron chi connectivity index (χ1n) is 12.1. The molecule has 4 aromatic carbocycles. The number of fused-ring (bicyclic) bond motifs is 2. The second-order valence-corrected chi connectivity index (χ2v) is 14.4. The number of halogens is 2. The van der Waals surface area contributed by atoms with Crippen molar-refractivity contribution in [3.63, 3.8) is 0 Å². The van der Waals surface area contributed by atoms with Gasteiger partial charge in [-0.1, -0.05) is 74.3 Å². The third kappa shape index (κ3) is 4.64. The van der Waals surface area contributed by atoms with Crippen LogP contribution in [0, 0.1) is 0 Å². The molecule has 10 heteroatoms. The second-order valence-electron chi connectivity index (χ2n) is 9.04. The van der Waals surface area contributed by atoms with Crippen molar-refractivity contribution in [1.82, 2.24) is 7.94 Å². The zero-order chi connectivity index (χ0) is 28.1. The van der Waals surface area contributed by atoms with Crippen LogP contribution in [0.25, 0.3) is 34.0 Å². The van der Waals surface area contributed by atoms with Crippen LogP contribution in [0.2, 0.25) is 0 Å². The van der Waals surface area contributed by atoms with Gasteiger partial charge < -0.3 is 0 Å². The van der Waals surface area contributed by atoms with E-state index in [-0.39, 0.29) is 9.79 Å². The van der Waals surface area contributed by atoms with E-state index in [4.69, 9.17) is 0 Å². The molecule has 0 aliphatic carbocycles. The molecule has 0 radical (unpaired) electrons. The quantitative estimate of drug-likeness (QED) is 0.178. The van der Waals surface area contributed by atoms with Crippen LogP contribution in [0.4, 0.5) is 0 Å². The fraction of sp³-hybridized carbons (Fsp3) is 0. The Hall–Kier alpha value is -3.44. The summed E-state index contributed by atoms with van der Waals surface area (Å²) in [6, 6.07) is 30.8. The van der Waals surface area contributed by atoms with E-state index in [9.17, 15) is 16.8 Å². The van der Waals surface area contributed by atoms with Crippen molar-refractivity contribution in [1.29, 1.82) is 0 Å². The zero-order valence-electron chi connectivity index (χ0n) is 20.6. The number of rotatable bonds is 6. The summed E-state index contributed by atoms with van der Waals surface area (Å²) in [7, 11) is -7.94. The number of benzene rings is 4. The lowest BCUT2D eigenvalue weighted by Crippen LogP contribution is -2.15. The minimum atomic E-state index is -3.97. The highest BCUT2D eigenvalue weighted by Gasteiger charge is 2.24. The predicted molar refractivity (Wildman–Crippen MR) is 166 cm³/mol. The van der Waals surface area contributed by atoms with Gasteiger partial charge in [-0.05, 0) is 78.9 Å². The summed E-state index contributed by atoms with van der Waals surface area (Å²) in [6.45, 7) is 0. The number of hydrogen-bond acceptors (Lipinski definition) is 4. The van der Waals surface area contributed by atoms with E-state index >= 15 is 0 Å². The van der Waals surface area contributed by atoms with E-state index in [0.717, 1.165) is 19.7 Å². The molecule has 0 spiro atoms.